The van der Waals surface area contributed by atoms with Gasteiger partial charge in [-0.3, -0.25) is 10.3 Å². The van der Waals surface area contributed by atoms with E-state index in [4.69, 9.17) is 4.74 Å². The zero-order valence-electron chi connectivity index (χ0n) is 12.7. The van der Waals surface area contributed by atoms with Crippen molar-refractivity contribution in [2.24, 2.45) is 34.6 Å². The fourth-order valence-corrected chi connectivity index (χ4v) is 4.69. The second kappa shape index (κ2) is 6.00. The van der Waals surface area contributed by atoms with Crippen molar-refractivity contribution < 1.29 is 13.5 Å². The van der Waals surface area contributed by atoms with Crippen molar-refractivity contribution in [2.75, 3.05) is 19.8 Å². The maximum absolute atomic E-state index is 13.7. The van der Waals surface area contributed by atoms with Crippen molar-refractivity contribution in [3.8, 4) is 0 Å². The van der Waals surface area contributed by atoms with E-state index in [-0.39, 0.29) is 24.4 Å². The molecule has 2 saturated heterocycles. The van der Waals surface area contributed by atoms with Gasteiger partial charge in [-0.15, -0.1) is 0 Å². The van der Waals surface area contributed by atoms with Gasteiger partial charge in [0.25, 0.3) is 0 Å². The maximum Gasteiger partial charge on any atom is 0.149 e. The highest BCUT2D eigenvalue weighted by atomic mass is 19.2. The number of hydrogen-bond donors (Lipinski definition) is 1. The van der Waals surface area contributed by atoms with E-state index >= 15 is 0 Å². The molecule has 0 radical (unpaired) electrons. The van der Waals surface area contributed by atoms with E-state index in [0.29, 0.717) is 17.8 Å². The second-order valence-electron chi connectivity index (χ2n) is 7.25. The molecule has 3 nitrogen and oxygen atoms in total. The number of allylic oxidation sites excluding steroid dienone is 2. The molecule has 3 heterocycles. The van der Waals surface area contributed by atoms with Crippen LogP contribution in [0, 0.1) is 29.6 Å². The SMILES string of the molecule is FC1C=CC(C2C=NC3NCC(C4CCOC4)C3C2)CC1F. The van der Waals surface area contributed by atoms with E-state index in [1.165, 1.54) is 6.08 Å². The van der Waals surface area contributed by atoms with Crippen LogP contribution in [0.1, 0.15) is 19.3 Å². The lowest BCUT2D eigenvalue weighted by Gasteiger charge is -2.35. The zero-order valence-corrected chi connectivity index (χ0v) is 12.7. The number of nitrogens with one attached hydrogen (secondary N) is 1. The Balaban J connectivity index is 1.46. The largest absolute Gasteiger partial charge is 0.381 e. The van der Waals surface area contributed by atoms with Gasteiger partial charge in [0.2, 0.25) is 0 Å². The molecule has 0 aromatic rings. The predicted molar refractivity (Wildman–Crippen MR) is 81.3 cm³/mol. The van der Waals surface area contributed by atoms with E-state index in [0.717, 1.165) is 32.6 Å². The first-order valence-corrected chi connectivity index (χ1v) is 8.53. The minimum absolute atomic E-state index is 0.0905. The molecular formula is C17H24F2N2O. The number of halogens is 2. The second-order valence-corrected chi connectivity index (χ2v) is 7.25. The number of ether oxygens (including phenoxy) is 1. The summed E-state index contributed by atoms with van der Waals surface area (Å²) in [6, 6.07) is 0. The zero-order chi connectivity index (χ0) is 15.1. The summed E-state index contributed by atoms with van der Waals surface area (Å²) in [5, 5.41) is 3.52. The minimum Gasteiger partial charge on any atom is -0.381 e. The molecule has 8 atom stereocenters. The molecule has 5 heteroatoms. The van der Waals surface area contributed by atoms with Gasteiger partial charge in [0.1, 0.15) is 18.5 Å². The normalized spacial score (nSPS) is 51.2. The van der Waals surface area contributed by atoms with Crippen LogP contribution in [0.5, 0.6) is 0 Å². The van der Waals surface area contributed by atoms with Crippen LogP contribution >= 0.6 is 0 Å². The van der Waals surface area contributed by atoms with Crippen molar-refractivity contribution in [2.45, 2.75) is 37.8 Å². The van der Waals surface area contributed by atoms with Crippen LogP contribution in [0.15, 0.2) is 17.1 Å². The fourth-order valence-electron chi connectivity index (χ4n) is 4.69. The Kier molecular flexibility index (Phi) is 4.03. The minimum atomic E-state index is -1.43. The topological polar surface area (TPSA) is 33.6 Å². The lowest BCUT2D eigenvalue weighted by molar-refractivity contribution is 0.139. The summed E-state index contributed by atoms with van der Waals surface area (Å²) < 4.78 is 32.5. The van der Waals surface area contributed by atoms with Gasteiger partial charge in [0.05, 0.1) is 0 Å². The van der Waals surface area contributed by atoms with Crippen molar-refractivity contribution >= 4 is 6.21 Å². The van der Waals surface area contributed by atoms with Crippen molar-refractivity contribution in [3.05, 3.63) is 12.2 Å². The van der Waals surface area contributed by atoms with Crippen LogP contribution in [-0.4, -0.2) is 44.5 Å². The Bertz CT molecular complexity index is 464. The molecule has 3 aliphatic heterocycles. The van der Waals surface area contributed by atoms with Crippen molar-refractivity contribution in [1.82, 2.24) is 5.32 Å². The molecule has 1 N–H and O–H groups in total. The number of rotatable bonds is 2. The van der Waals surface area contributed by atoms with Gasteiger partial charge in [-0.1, -0.05) is 12.2 Å². The smallest absolute Gasteiger partial charge is 0.149 e. The number of nitrogens with zero attached hydrogens (tertiary/aromatic N) is 1. The summed E-state index contributed by atoms with van der Waals surface area (Å²) >= 11 is 0. The Labute approximate surface area is 130 Å². The Hall–Kier alpha value is -0.810. The quantitative estimate of drug-likeness (QED) is 0.795. The maximum atomic E-state index is 13.7. The van der Waals surface area contributed by atoms with Gasteiger partial charge in [-0.25, -0.2) is 8.78 Å². The molecule has 2 fully saturated rings. The highest BCUT2D eigenvalue weighted by Gasteiger charge is 2.44. The van der Waals surface area contributed by atoms with Crippen LogP contribution < -0.4 is 5.32 Å². The third-order valence-corrected chi connectivity index (χ3v) is 6.01. The first-order chi connectivity index (χ1) is 10.7. The van der Waals surface area contributed by atoms with Gasteiger partial charge in [-0.2, -0.15) is 0 Å². The molecule has 22 heavy (non-hydrogen) atoms. The molecule has 4 aliphatic rings. The lowest BCUT2D eigenvalue weighted by atomic mass is 9.72. The molecular weight excluding hydrogens is 286 g/mol. The Morgan fingerprint density at radius 1 is 1.09 bits per heavy atom. The van der Waals surface area contributed by atoms with E-state index in [2.05, 4.69) is 10.3 Å². The first-order valence-electron chi connectivity index (χ1n) is 8.53. The van der Waals surface area contributed by atoms with E-state index in [9.17, 15) is 8.78 Å². The monoisotopic (exact) mass is 310 g/mol. The van der Waals surface area contributed by atoms with Gasteiger partial charge >= 0.3 is 0 Å². The molecule has 0 saturated carbocycles. The van der Waals surface area contributed by atoms with Crippen LogP contribution in [0.25, 0.3) is 0 Å². The number of aliphatic imine (C=N–C) groups is 1. The van der Waals surface area contributed by atoms with E-state index in [1.807, 2.05) is 12.3 Å². The highest BCUT2D eigenvalue weighted by Crippen LogP contribution is 2.42. The van der Waals surface area contributed by atoms with Gasteiger partial charge in [-0.05, 0) is 42.9 Å². The number of fused-ring (bicyclic) bond motifs is 1. The summed E-state index contributed by atoms with van der Waals surface area (Å²) in [5.74, 6) is 2.08. The van der Waals surface area contributed by atoms with Crippen molar-refractivity contribution in [1.29, 1.82) is 0 Å². The summed E-state index contributed by atoms with van der Waals surface area (Å²) in [5.41, 5.74) is 0. The third-order valence-electron chi connectivity index (χ3n) is 6.01. The first kappa shape index (κ1) is 14.8. The van der Waals surface area contributed by atoms with Crippen LogP contribution in [0.4, 0.5) is 8.78 Å². The molecule has 0 aromatic heterocycles. The van der Waals surface area contributed by atoms with Gasteiger partial charge in [0, 0.05) is 31.9 Å². The van der Waals surface area contributed by atoms with Gasteiger partial charge < -0.3 is 4.74 Å². The lowest BCUT2D eigenvalue weighted by Crippen LogP contribution is -2.37. The number of hydrogen-bond acceptors (Lipinski definition) is 3. The van der Waals surface area contributed by atoms with Crippen LogP contribution in [-0.2, 0) is 4.74 Å². The standard InChI is InChI=1S/C17H24F2N2O/c18-15-2-1-10(6-16(15)19)12-5-13-14(11-3-4-22-9-11)8-21-17(13)20-7-12/h1-2,7,10-17,21H,3-6,8-9H2. The molecule has 8 unspecified atom stereocenters. The molecule has 122 valence electrons. The number of alkyl halides is 2. The summed E-state index contributed by atoms with van der Waals surface area (Å²) in [4.78, 5) is 4.69. The van der Waals surface area contributed by atoms with Crippen LogP contribution in [0.2, 0.25) is 0 Å². The molecule has 0 bridgehead atoms. The Morgan fingerprint density at radius 2 is 2.00 bits per heavy atom. The van der Waals surface area contributed by atoms with Crippen LogP contribution in [0.3, 0.4) is 0 Å². The molecule has 1 aliphatic carbocycles. The third kappa shape index (κ3) is 2.62. The molecule has 0 aromatic carbocycles. The van der Waals surface area contributed by atoms with Gasteiger partial charge in [0.15, 0.2) is 0 Å². The average Bonchev–Trinajstić information content (AvgIpc) is 3.17. The summed E-state index contributed by atoms with van der Waals surface area (Å²) in [6.07, 6.45) is 5.14. The van der Waals surface area contributed by atoms with Crippen molar-refractivity contribution in [3.63, 3.8) is 0 Å². The summed E-state index contributed by atoms with van der Waals surface area (Å²) in [7, 11) is 0. The molecule has 0 spiro atoms. The predicted octanol–water partition coefficient (Wildman–Crippen LogP) is 2.53. The fraction of sp³-hybridized carbons (Fsp3) is 0.824. The molecule has 4 rings (SSSR count). The Morgan fingerprint density at radius 3 is 2.77 bits per heavy atom. The average molecular weight is 310 g/mol. The molecule has 0 amide bonds. The van der Waals surface area contributed by atoms with E-state index in [1.54, 1.807) is 0 Å². The summed E-state index contributed by atoms with van der Waals surface area (Å²) in [6.45, 7) is 2.74. The highest BCUT2D eigenvalue weighted by molar-refractivity contribution is 5.63. The van der Waals surface area contributed by atoms with E-state index < -0.39 is 12.3 Å².